The highest BCUT2D eigenvalue weighted by Crippen LogP contribution is 2.20. The van der Waals surface area contributed by atoms with E-state index in [1.807, 2.05) is 6.92 Å². The Labute approximate surface area is 153 Å². The highest BCUT2D eigenvalue weighted by atomic mass is 35.5. The van der Waals surface area contributed by atoms with Crippen LogP contribution >= 0.6 is 11.6 Å². The standard InChI is InChI=1S/C20H23ClN2O2/c1-3-4-5-12-22-19(24)15-6-8-16(9-7-15)20(25)23-18-11-10-17(21)13-14(18)2/h6-11,13H,3-5,12H2,1-2H3,(H,22,24)(H,23,25). The van der Waals surface area contributed by atoms with Gasteiger partial charge in [0.25, 0.3) is 11.8 Å². The molecule has 0 fully saturated rings. The third kappa shape index (κ3) is 5.61. The number of anilines is 1. The smallest absolute Gasteiger partial charge is 0.255 e. The first-order valence-corrected chi connectivity index (χ1v) is 8.85. The summed E-state index contributed by atoms with van der Waals surface area (Å²) in [6.07, 6.45) is 3.19. The van der Waals surface area contributed by atoms with E-state index in [2.05, 4.69) is 17.6 Å². The van der Waals surface area contributed by atoms with Crippen LogP contribution in [0.5, 0.6) is 0 Å². The van der Waals surface area contributed by atoms with Crippen LogP contribution in [0.1, 0.15) is 52.5 Å². The van der Waals surface area contributed by atoms with Crippen LogP contribution in [0.4, 0.5) is 5.69 Å². The van der Waals surface area contributed by atoms with E-state index in [0.29, 0.717) is 28.4 Å². The van der Waals surface area contributed by atoms with E-state index in [1.54, 1.807) is 42.5 Å². The molecule has 0 unspecified atom stereocenters. The molecule has 2 aromatic rings. The lowest BCUT2D eigenvalue weighted by molar-refractivity contribution is 0.0951. The maximum Gasteiger partial charge on any atom is 0.255 e. The van der Waals surface area contributed by atoms with Gasteiger partial charge in [0.2, 0.25) is 0 Å². The van der Waals surface area contributed by atoms with Crippen LogP contribution in [0, 0.1) is 6.92 Å². The summed E-state index contributed by atoms with van der Waals surface area (Å²) < 4.78 is 0. The van der Waals surface area contributed by atoms with E-state index in [-0.39, 0.29) is 11.8 Å². The first kappa shape index (κ1) is 19.0. The second-order valence-electron chi connectivity index (χ2n) is 5.95. The van der Waals surface area contributed by atoms with Gasteiger partial charge in [-0.15, -0.1) is 0 Å². The Hall–Kier alpha value is -2.33. The summed E-state index contributed by atoms with van der Waals surface area (Å²) in [5.41, 5.74) is 2.66. The van der Waals surface area contributed by atoms with Gasteiger partial charge in [-0.2, -0.15) is 0 Å². The molecule has 0 atom stereocenters. The van der Waals surface area contributed by atoms with Crippen LogP contribution in [-0.2, 0) is 0 Å². The van der Waals surface area contributed by atoms with Crippen molar-refractivity contribution < 1.29 is 9.59 Å². The minimum absolute atomic E-state index is 0.114. The predicted molar refractivity (Wildman–Crippen MR) is 102 cm³/mol. The van der Waals surface area contributed by atoms with Crippen molar-refractivity contribution in [3.63, 3.8) is 0 Å². The number of hydrogen-bond acceptors (Lipinski definition) is 2. The zero-order chi connectivity index (χ0) is 18.2. The van der Waals surface area contributed by atoms with Gasteiger partial charge in [-0.3, -0.25) is 9.59 Å². The number of nitrogens with one attached hydrogen (secondary N) is 2. The number of carbonyl (C=O) groups is 2. The first-order chi connectivity index (χ1) is 12.0. The van der Waals surface area contributed by atoms with Crippen molar-refractivity contribution in [2.75, 3.05) is 11.9 Å². The SMILES string of the molecule is CCCCCNC(=O)c1ccc(C(=O)Nc2ccc(Cl)cc2C)cc1. The minimum atomic E-state index is -0.222. The number of unbranched alkanes of at least 4 members (excludes halogenated alkanes) is 2. The molecule has 2 rings (SSSR count). The second-order valence-corrected chi connectivity index (χ2v) is 6.39. The van der Waals surface area contributed by atoms with Gasteiger partial charge in [-0.05, 0) is 61.4 Å². The summed E-state index contributed by atoms with van der Waals surface area (Å²) in [7, 11) is 0. The normalized spacial score (nSPS) is 10.4. The topological polar surface area (TPSA) is 58.2 Å². The van der Waals surface area contributed by atoms with Crippen molar-refractivity contribution in [1.29, 1.82) is 0 Å². The van der Waals surface area contributed by atoms with Crippen molar-refractivity contribution in [2.24, 2.45) is 0 Å². The zero-order valence-corrected chi connectivity index (χ0v) is 15.3. The number of aryl methyl sites for hydroxylation is 1. The molecule has 0 aliphatic heterocycles. The molecule has 132 valence electrons. The highest BCUT2D eigenvalue weighted by Gasteiger charge is 2.10. The number of carbonyl (C=O) groups excluding carboxylic acids is 2. The molecule has 25 heavy (non-hydrogen) atoms. The fourth-order valence-electron chi connectivity index (χ4n) is 2.41. The molecule has 0 bridgehead atoms. The summed E-state index contributed by atoms with van der Waals surface area (Å²) in [6.45, 7) is 4.68. The number of hydrogen-bond donors (Lipinski definition) is 2. The number of halogens is 1. The molecule has 0 aliphatic rings. The summed E-state index contributed by atoms with van der Waals surface area (Å²) >= 11 is 5.92. The lowest BCUT2D eigenvalue weighted by Gasteiger charge is -2.09. The van der Waals surface area contributed by atoms with Crippen molar-refractivity contribution in [3.8, 4) is 0 Å². The summed E-state index contributed by atoms with van der Waals surface area (Å²) in [5, 5.41) is 6.37. The minimum Gasteiger partial charge on any atom is -0.352 e. The molecule has 0 saturated carbocycles. The Kier molecular flexibility index (Phi) is 7.02. The van der Waals surface area contributed by atoms with E-state index in [0.717, 1.165) is 24.8 Å². The van der Waals surface area contributed by atoms with E-state index >= 15 is 0 Å². The first-order valence-electron chi connectivity index (χ1n) is 8.47. The monoisotopic (exact) mass is 358 g/mol. The number of benzene rings is 2. The van der Waals surface area contributed by atoms with E-state index < -0.39 is 0 Å². The van der Waals surface area contributed by atoms with Crippen LogP contribution in [0.3, 0.4) is 0 Å². The Morgan fingerprint density at radius 3 is 2.20 bits per heavy atom. The average Bonchev–Trinajstić information content (AvgIpc) is 2.61. The maximum atomic E-state index is 12.3. The molecule has 5 heteroatoms. The van der Waals surface area contributed by atoms with Gasteiger partial charge in [-0.1, -0.05) is 31.4 Å². The van der Waals surface area contributed by atoms with Gasteiger partial charge in [0.1, 0.15) is 0 Å². The molecular formula is C20H23ClN2O2. The highest BCUT2D eigenvalue weighted by molar-refractivity contribution is 6.30. The fourth-order valence-corrected chi connectivity index (χ4v) is 2.64. The second kappa shape index (κ2) is 9.23. The summed E-state index contributed by atoms with van der Waals surface area (Å²) in [5.74, 6) is -0.336. The zero-order valence-electron chi connectivity index (χ0n) is 14.6. The van der Waals surface area contributed by atoms with Crippen molar-refractivity contribution in [3.05, 3.63) is 64.2 Å². The van der Waals surface area contributed by atoms with Gasteiger partial charge >= 0.3 is 0 Å². The van der Waals surface area contributed by atoms with Crippen LogP contribution in [-0.4, -0.2) is 18.4 Å². The number of amides is 2. The molecule has 4 nitrogen and oxygen atoms in total. The molecule has 0 heterocycles. The molecule has 0 radical (unpaired) electrons. The molecule has 2 aromatic carbocycles. The van der Waals surface area contributed by atoms with E-state index in [9.17, 15) is 9.59 Å². The van der Waals surface area contributed by atoms with E-state index in [4.69, 9.17) is 11.6 Å². The van der Waals surface area contributed by atoms with Crippen molar-refractivity contribution >= 4 is 29.1 Å². The Bertz CT molecular complexity index is 742. The van der Waals surface area contributed by atoms with Gasteiger partial charge in [-0.25, -0.2) is 0 Å². The Balaban J connectivity index is 1.96. The largest absolute Gasteiger partial charge is 0.352 e. The predicted octanol–water partition coefficient (Wildman–Crippen LogP) is 4.82. The molecule has 2 amide bonds. The molecule has 0 aromatic heterocycles. The van der Waals surface area contributed by atoms with Crippen LogP contribution in [0.25, 0.3) is 0 Å². The van der Waals surface area contributed by atoms with Gasteiger partial charge in [0.05, 0.1) is 0 Å². The lowest BCUT2D eigenvalue weighted by Crippen LogP contribution is -2.24. The Morgan fingerprint density at radius 1 is 0.960 bits per heavy atom. The van der Waals surface area contributed by atoms with Crippen LogP contribution in [0.2, 0.25) is 5.02 Å². The van der Waals surface area contributed by atoms with Crippen LogP contribution in [0.15, 0.2) is 42.5 Å². The summed E-state index contributed by atoms with van der Waals surface area (Å²) in [4.78, 5) is 24.4. The van der Waals surface area contributed by atoms with Crippen molar-refractivity contribution in [2.45, 2.75) is 33.1 Å². The van der Waals surface area contributed by atoms with E-state index in [1.165, 1.54) is 0 Å². The summed E-state index contributed by atoms with van der Waals surface area (Å²) in [6, 6.07) is 11.9. The fraction of sp³-hybridized carbons (Fsp3) is 0.300. The third-order valence-electron chi connectivity index (χ3n) is 3.91. The molecule has 2 N–H and O–H groups in total. The Morgan fingerprint density at radius 2 is 1.60 bits per heavy atom. The van der Waals surface area contributed by atoms with Crippen molar-refractivity contribution in [1.82, 2.24) is 5.32 Å². The van der Waals surface area contributed by atoms with Gasteiger partial charge < -0.3 is 10.6 Å². The lowest BCUT2D eigenvalue weighted by atomic mass is 10.1. The van der Waals surface area contributed by atoms with Gasteiger partial charge in [0, 0.05) is 28.4 Å². The molecule has 0 aliphatic carbocycles. The third-order valence-corrected chi connectivity index (χ3v) is 4.15. The maximum absolute atomic E-state index is 12.3. The quantitative estimate of drug-likeness (QED) is 0.697. The molecule has 0 spiro atoms. The van der Waals surface area contributed by atoms with Gasteiger partial charge in [0.15, 0.2) is 0 Å². The molecular weight excluding hydrogens is 336 g/mol. The van der Waals surface area contributed by atoms with Crippen LogP contribution < -0.4 is 10.6 Å². The number of rotatable bonds is 7. The average molecular weight is 359 g/mol. The molecule has 0 saturated heterocycles.